The van der Waals surface area contributed by atoms with Crippen molar-refractivity contribution in [2.75, 3.05) is 5.32 Å². The lowest BCUT2D eigenvalue weighted by molar-refractivity contribution is -0.136. The predicted molar refractivity (Wildman–Crippen MR) is 92.6 cm³/mol. The molecular weight excluding hydrogens is 306 g/mol. The third-order valence-electron chi connectivity index (χ3n) is 3.64. The summed E-state index contributed by atoms with van der Waals surface area (Å²) in [7, 11) is 0. The first-order chi connectivity index (χ1) is 11.5. The molecule has 0 aliphatic rings. The maximum Gasteiger partial charge on any atom is 0.307 e. The normalized spacial score (nSPS) is 11.6. The Balaban J connectivity index is 2.09. The summed E-state index contributed by atoms with van der Waals surface area (Å²) < 4.78 is 5.68. The topological polar surface area (TPSA) is 75.6 Å². The number of nitrogens with one attached hydrogen (secondary N) is 1. The number of rotatable bonds is 7. The number of hydrogen-bond acceptors (Lipinski definition) is 3. The number of para-hydroxylation sites is 1. The first-order valence-corrected chi connectivity index (χ1v) is 7.87. The van der Waals surface area contributed by atoms with Crippen LogP contribution in [0.4, 0.5) is 5.69 Å². The monoisotopic (exact) mass is 327 g/mol. The molecule has 0 aliphatic heterocycles. The lowest BCUT2D eigenvalue weighted by atomic mass is 10.1. The highest BCUT2D eigenvalue weighted by molar-refractivity contribution is 6.04. The summed E-state index contributed by atoms with van der Waals surface area (Å²) in [5.41, 5.74) is 1.55. The molecule has 24 heavy (non-hydrogen) atoms. The van der Waals surface area contributed by atoms with Crippen LogP contribution in [0.15, 0.2) is 48.5 Å². The molecule has 2 aromatic rings. The average molecular weight is 327 g/mol. The van der Waals surface area contributed by atoms with E-state index in [1.807, 2.05) is 13.8 Å². The number of benzene rings is 2. The number of ether oxygens (including phenoxy) is 1. The molecule has 0 aromatic heterocycles. The molecule has 0 spiro atoms. The molecule has 1 atom stereocenters. The zero-order chi connectivity index (χ0) is 17.5. The lowest BCUT2D eigenvalue weighted by Crippen LogP contribution is -2.14. The molecule has 1 unspecified atom stereocenters. The van der Waals surface area contributed by atoms with Crippen molar-refractivity contribution in [3.05, 3.63) is 59.7 Å². The molecule has 2 rings (SSSR count). The van der Waals surface area contributed by atoms with Crippen LogP contribution in [-0.4, -0.2) is 23.1 Å². The Morgan fingerprint density at radius 2 is 1.79 bits per heavy atom. The highest BCUT2D eigenvalue weighted by atomic mass is 16.5. The van der Waals surface area contributed by atoms with E-state index in [1.165, 1.54) is 0 Å². The smallest absolute Gasteiger partial charge is 0.307 e. The van der Waals surface area contributed by atoms with E-state index in [0.29, 0.717) is 22.6 Å². The van der Waals surface area contributed by atoms with Crippen molar-refractivity contribution in [1.82, 2.24) is 0 Å². The zero-order valence-electron chi connectivity index (χ0n) is 13.8. The fraction of sp³-hybridized carbons (Fsp3) is 0.263. The van der Waals surface area contributed by atoms with E-state index in [0.717, 1.165) is 6.42 Å². The van der Waals surface area contributed by atoms with Crippen LogP contribution < -0.4 is 10.1 Å². The van der Waals surface area contributed by atoms with Crippen LogP contribution in [-0.2, 0) is 11.2 Å². The minimum Gasteiger partial charge on any atom is -0.491 e. The molecule has 5 nitrogen and oxygen atoms in total. The quantitative estimate of drug-likeness (QED) is 0.812. The molecule has 5 heteroatoms. The molecule has 0 saturated carbocycles. The summed E-state index contributed by atoms with van der Waals surface area (Å²) >= 11 is 0. The van der Waals surface area contributed by atoms with Gasteiger partial charge in [-0.05, 0) is 49.2 Å². The van der Waals surface area contributed by atoms with Crippen LogP contribution in [0.3, 0.4) is 0 Å². The van der Waals surface area contributed by atoms with Crippen LogP contribution in [0.2, 0.25) is 0 Å². The molecule has 0 radical (unpaired) electrons. The minimum atomic E-state index is -0.941. The van der Waals surface area contributed by atoms with Gasteiger partial charge >= 0.3 is 5.97 Å². The van der Waals surface area contributed by atoms with Crippen molar-refractivity contribution < 1.29 is 19.4 Å². The van der Waals surface area contributed by atoms with Crippen molar-refractivity contribution in [3.8, 4) is 5.75 Å². The van der Waals surface area contributed by atoms with E-state index in [1.54, 1.807) is 48.5 Å². The van der Waals surface area contributed by atoms with Gasteiger partial charge in [0.1, 0.15) is 5.75 Å². The van der Waals surface area contributed by atoms with Gasteiger partial charge in [0, 0.05) is 11.3 Å². The van der Waals surface area contributed by atoms with E-state index in [9.17, 15) is 9.59 Å². The van der Waals surface area contributed by atoms with Crippen molar-refractivity contribution in [3.63, 3.8) is 0 Å². The standard InChI is InChI=1S/C19H21NO4/c1-3-13(2)24-16-10-8-14(9-11-16)19(23)20-17-7-5-4-6-15(17)12-18(21)22/h4-11,13H,3,12H2,1-2H3,(H,20,23)(H,21,22). The predicted octanol–water partition coefficient (Wildman–Crippen LogP) is 3.74. The Morgan fingerprint density at radius 1 is 1.12 bits per heavy atom. The third kappa shape index (κ3) is 4.84. The van der Waals surface area contributed by atoms with Crippen LogP contribution in [0.25, 0.3) is 0 Å². The van der Waals surface area contributed by atoms with E-state index >= 15 is 0 Å². The Hall–Kier alpha value is -2.82. The second-order valence-corrected chi connectivity index (χ2v) is 5.54. The molecule has 0 aliphatic carbocycles. The van der Waals surface area contributed by atoms with Crippen molar-refractivity contribution in [1.29, 1.82) is 0 Å². The van der Waals surface area contributed by atoms with Crippen LogP contribution >= 0.6 is 0 Å². The number of anilines is 1. The first kappa shape index (κ1) is 17.5. The lowest BCUT2D eigenvalue weighted by Gasteiger charge is -2.13. The fourth-order valence-electron chi connectivity index (χ4n) is 2.15. The highest BCUT2D eigenvalue weighted by Gasteiger charge is 2.11. The van der Waals surface area contributed by atoms with Gasteiger partial charge in [0.2, 0.25) is 0 Å². The molecule has 2 aromatic carbocycles. The highest BCUT2D eigenvalue weighted by Crippen LogP contribution is 2.19. The van der Waals surface area contributed by atoms with Gasteiger partial charge in [0.05, 0.1) is 12.5 Å². The molecule has 0 saturated heterocycles. The van der Waals surface area contributed by atoms with Crippen molar-refractivity contribution >= 4 is 17.6 Å². The second kappa shape index (κ2) is 8.15. The van der Waals surface area contributed by atoms with E-state index in [4.69, 9.17) is 9.84 Å². The summed E-state index contributed by atoms with van der Waals surface area (Å²) in [5, 5.41) is 11.7. The maximum atomic E-state index is 12.3. The van der Waals surface area contributed by atoms with Crippen LogP contribution in [0.5, 0.6) is 5.75 Å². The van der Waals surface area contributed by atoms with Crippen LogP contribution in [0, 0.1) is 0 Å². The van der Waals surface area contributed by atoms with E-state index < -0.39 is 5.97 Å². The Labute approximate surface area is 141 Å². The zero-order valence-corrected chi connectivity index (χ0v) is 13.8. The number of hydrogen-bond donors (Lipinski definition) is 2. The molecule has 0 bridgehead atoms. The molecule has 1 amide bonds. The number of amides is 1. The average Bonchev–Trinajstić information content (AvgIpc) is 2.56. The van der Waals surface area contributed by atoms with Gasteiger partial charge in [-0.25, -0.2) is 0 Å². The summed E-state index contributed by atoms with van der Waals surface area (Å²) in [5.74, 6) is -0.515. The minimum absolute atomic E-state index is 0.118. The molecule has 0 heterocycles. The molecular formula is C19H21NO4. The van der Waals surface area contributed by atoms with Gasteiger partial charge in [-0.2, -0.15) is 0 Å². The number of carboxylic acid groups (broad SMARTS) is 1. The Kier molecular flexibility index (Phi) is 5.95. The molecule has 0 fully saturated rings. The number of aliphatic carboxylic acids is 1. The summed E-state index contributed by atoms with van der Waals surface area (Å²) in [4.78, 5) is 23.2. The Bertz CT molecular complexity index is 710. The maximum absolute atomic E-state index is 12.3. The van der Waals surface area contributed by atoms with Gasteiger partial charge in [-0.1, -0.05) is 25.1 Å². The second-order valence-electron chi connectivity index (χ2n) is 5.54. The molecule has 2 N–H and O–H groups in total. The van der Waals surface area contributed by atoms with E-state index in [-0.39, 0.29) is 18.4 Å². The van der Waals surface area contributed by atoms with Crippen molar-refractivity contribution in [2.45, 2.75) is 32.8 Å². The van der Waals surface area contributed by atoms with Gasteiger partial charge in [0.15, 0.2) is 0 Å². The van der Waals surface area contributed by atoms with Gasteiger partial charge in [-0.3, -0.25) is 9.59 Å². The van der Waals surface area contributed by atoms with Crippen molar-refractivity contribution in [2.24, 2.45) is 0 Å². The summed E-state index contributed by atoms with van der Waals surface area (Å²) in [6, 6.07) is 13.8. The number of carbonyl (C=O) groups is 2. The fourth-order valence-corrected chi connectivity index (χ4v) is 2.15. The summed E-state index contributed by atoms with van der Waals surface area (Å²) in [6.07, 6.45) is 0.883. The number of carboxylic acids is 1. The third-order valence-corrected chi connectivity index (χ3v) is 3.64. The molecule has 126 valence electrons. The van der Waals surface area contributed by atoms with Gasteiger partial charge < -0.3 is 15.2 Å². The summed E-state index contributed by atoms with van der Waals surface area (Å²) in [6.45, 7) is 4.03. The van der Waals surface area contributed by atoms with Crippen LogP contribution in [0.1, 0.15) is 36.2 Å². The Morgan fingerprint density at radius 3 is 2.42 bits per heavy atom. The first-order valence-electron chi connectivity index (χ1n) is 7.87. The van der Waals surface area contributed by atoms with E-state index in [2.05, 4.69) is 5.32 Å². The van der Waals surface area contributed by atoms with Gasteiger partial charge in [0.25, 0.3) is 5.91 Å². The number of carbonyl (C=O) groups excluding carboxylic acids is 1. The SMILES string of the molecule is CCC(C)Oc1ccc(C(=O)Nc2ccccc2CC(=O)O)cc1. The largest absolute Gasteiger partial charge is 0.491 e. The van der Waals surface area contributed by atoms with Gasteiger partial charge in [-0.15, -0.1) is 0 Å².